The third-order valence-electron chi connectivity index (χ3n) is 3.16. The first-order chi connectivity index (χ1) is 8.29. The molecule has 0 amide bonds. The highest BCUT2D eigenvalue weighted by atomic mass is 16.1. The number of nitrogens with zero attached hydrogens (tertiary/aromatic N) is 1. The van der Waals surface area contributed by atoms with Crippen LogP contribution in [0.1, 0.15) is 26.2 Å². The summed E-state index contributed by atoms with van der Waals surface area (Å²) < 4.78 is 1.78. The van der Waals surface area contributed by atoms with Crippen LogP contribution in [0.3, 0.4) is 0 Å². The largest absolute Gasteiger partial charge is 0.381 e. The standard InChI is InChI=1S/C13H21N3O/c1-2-9-16-10-12(3-4-13(16)17)15-11-5-7-14-8-6-11/h3-4,10-11,14-15H,2,5-9H2,1H3. The van der Waals surface area contributed by atoms with Gasteiger partial charge in [0.25, 0.3) is 5.56 Å². The normalized spacial score (nSPS) is 17.0. The SMILES string of the molecule is CCCn1cc(NC2CCNCC2)ccc1=O. The molecule has 0 spiro atoms. The van der Waals surface area contributed by atoms with Crippen LogP contribution in [-0.4, -0.2) is 23.7 Å². The molecule has 4 nitrogen and oxygen atoms in total. The molecule has 2 rings (SSSR count). The average molecular weight is 235 g/mol. The molecule has 1 saturated heterocycles. The molecule has 4 heteroatoms. The Morgan fingerprint density at radius 2 is 2.18 bits per heavy atom. The zero-order chi connectivity index (χ0) is 12.1. The lowest BCUT2D eigenvalue weighted by atomic mass is 10.1. The van der Waals surface area contributed by atoms with Gasteiger partial charge in [-0.3, -0.25) is 4.79 Å². The minimum atomic E-state index is 0.0858. The number of aryl methyl sites for hydroxylation is 1. The van der Waals surface area contributed by atoms with Gasteiger partial charge in [0.05, 0.1) is 5.69 Å². The number of aromatic nitrogens is 1. The van der Waals surface area contributed by atoms with Crippen LogP contribution in [0.2, 0.25) is 0 Å². The topological polar surface area (TPSA) is 46.1 Å². The highest BCUT2D eigenvalue weighted by molar-refractivity contribution is 5.41. The quantitative estimate of drug-likeness (QED) is 0.829. The van der Waals surface area contributed by atoms with E-state index in [9.17, 15) is 4.79 Å². The van der Waals surface area contributed by atoms with Crippen molar-refractivity contribution in [2.45, 2.75) is 38.8 Å². The molecule has 1 aromatic rings. The van der Waals surface area contributed by atoms with Crippen molar-refractivity contribution in [1.29, 1.82) is 0 Å². The van der Waals surface area contributed by atoms with Crippen molar-refractivity contribution in [3.8, 4) is 0 Å². The minimum absolute atomic E-state index is 0.0858. The van der Waals surface area contributed by atoms with Crippen LogP contribution < -0.4 is 16.2 Å². The highest BCUT2D eigenvalue weighted by Crippen LogP contribution is 2.11. The van der Waals surface area contributed by atoms with Gasteiger partial charge in [-0.25, -0.2) is 0 Å². The molecule has 1 fully saturated rings. The molecule has 94 valence electrons. The van der Waals surface area contributed by atoms with Gasteiger partial charge in [0.1, 0.15) is 0 Å². The Kier molecular flexibility index (Phi) is 4.20. The second kappa shape index (κ2) is 5.87. The molecule has 1 aromatic heterocycles. The Balaban J connectivity index is 2.04. The van der Waals surface area contributed by atoms with Crippen LogP contribution in [0, 0.1) is 0 Å². The Morgan fingerprint density at radius 1 is 1.41 bits per heavy atom. The number of hydrogen-bond donors (Lipinski definition) is 2. The van der Waals surface area contributed by atoms with E-state index in [4.69, 9.17) is 0 Å². The van der Waals surface area contributed by atoms with E-state index < -0.39 is 0 Å². The van der Waals surface area contributed by atoms with Crippen LogP contribution in [0.25, 0.3) is 0 Å². The van der Waals surface area contributed by atoms with Crippen LogP contribution in [0.4, 0.5) is 5.69 Å². The predicted molar refractivity (Wildman–Crippen MR) is 70.5 cm³/mol. The average Bonchev–Trinajstić information content (AvgIpc) is 2.35. The summed E-state index contributed by atoms with van der Waals surface area (Å²) in [5.74, 6) is 0. The van der Waals surface area contributed by atoms with E-state index in [2.05, 4.69) is 17.6 Å². The molecule has 17 heavy (non-hydrogen) atoms. The van der Waals surface area contributed by atoms with E-state index >= 15 is 0 Å². The Bertz CT molecular complexity index is 407. The maximum absolute atomic E-state index is 11.6. The highest BCUT2D eigenvalue weighted by Gasteiger charge is 2.12. The summed E-state index contributed by atoms with van der Waals surface area (Å²) in [5, 5.41) is 6.85. The van der Waals surface area contributed by atoms with E-state index in [0.29, 0.717) is 6.04 Å². The third-order valence-corrected chi connectivity index (χ3v) is 3.16. The van der Waals surface area contributed by atoms with Gasteiger partial charge in [0, 0.05) is 24.8 Å². The van der Waals surface area contributed by atoms with Gasteiger partial charge >= 0.3 is 0 Å². The van der Waals surface area contributed by atoms with Crippen molar-refractivity contribution < 1.29 is 0 Å². The van der Waals surface area contributed by atoms with Gasteiger partial charge in [-0.1, -0.05) is 6.92 Å². The number of hydrogen-bond acceptors (Lipinski definition) is 3. The van der Waals surface area contributed by atoms with Gasteiger partial charge in [0.15, 0.2) is 0 Å². The van der Waals surface area contributed by atoms with Gasteiger partial charge in [-0.15, -0.1) is 0 Å². The Labute approximate surface area is 102 Å². The van der Waals surface area contributed by atoms with Crippen molar-refractivity contribution >= 4 is 5.69 Å². The fraction of sp³-hybridized carbons (Fsp3) is 0.615. The molecule has 0 bridgehead atoms. The van der Waals surface area contributed by atoms with Crippen LogP contribution >= 0.6 is 0 Å². The van der Waals surface area contributed by atoms with Crippen molar-refractivity contribution in [3.05, 3.63) is 28.7 Å². The van der Waals surface area contributed by atoms with Crippen LogP contribution in [-0.2, 0) is 6.54 Å². The second-order valence-corrected chi connectivity index (χ2v) is 4.62. The summed E-state index contributed by atoms with van der Waals surface area (Å²) in [7, 11) is 0. The molecule has 0 radical (unpaired) electrons. The lowest BCUT2D eigenvalue weighted by Crippen LogP contribution is -2.35. The molecule has 0 saturated carbocycles. The van der Waals surface area contributed by atoms with Crippen molar-refractivity contribution in [2.24, 2.45) is 0 Å². The summed E-state index contributed by atoms with van der Waals surface area (Å²) in [5.41, 5.74) is 1.15. The molecule has 0 unspecified atom stereocenters. The molecule has 1 aliphatic heterocycles. The number of rotatable bonds is 4. The predicted octanol–water partition coefficient (Wildman–Crippen LogP) is 1.42. The summed E-state index contributed by atoms with van der Waals surface area (Å²) >= 11 is 0. The summed E-state index contributed by atoms with van der Waals surface area (Å²) in [6.07, 6.45) is 5.21. The molecule has 0 aromatic carbocycles. The summed E-state index contributed by atoms with van der Waals surface area (Å²) in [6.45, 7) is 5.03. The molecule has 2 N–H and O–H groups in total. The maximum atomic E-state index is 11.6. The minimum Gasteiger partial charge on any atom is -0.381 e. The Hall–Kier alpha value is -1.29. The second-order valence-electron chi connectivity index (χ2n) is 4.62. The molecule has 1 aliphatic rings. The van der Waals surface area contributed by atoms with E-state index in [1.165, 1.54) is 0 Å². The van der Waals surface area contributed by atoms with E-state index in [0.717, 1.165) is 44.6 Å². The van der Waals surface area contributed by atoms with Crippen molar-refractivity contribution in [1.82, 2.24) is 9.88 Å². The number of pyridine rings is 1. The van der Waals surface area contributed by atoms with E-state index in [1.807, 2.05) is 12.3 Å². The fourth-order valence-electron chi connectivity index (χ4n) is 2.23. The monoisotopic (exact) mass is 235 g/mol. The van der Waals surface area contributed by atoms with Crippen molar-refractivity contribution in [3.63, 3.8) is 0 Å². The number of piperidine rings is 1. The summed E-state index contributed by atoms with van der Waals surface area (Å²) in [6, 6.07) is 4.07. The summed E-state index contributed by atoms with van der Waals surface area (Å²) in [4.78, 5) is 11.6. The Morgan fingerprint density at radius 3 is 2.88 bits per heavy atom. The molecule has 2 heterocycles. The first-order valence-electron chi connectivity index (χ1n) is 6.47. The molecular formula is C13H21N3O. The van der Waals surface area contributed by atoms with Gasteiger partial charge in [-0.05, 0) is 38.4 Å². The molecular weight excluding hydrogens is 214 g/mol. The van der Waals surface area contributed by atoms with E-state index in [-0.39, 0.29) is 5.56 Å². The zero-order valence-corrected chi connectivity index (χ0v) is 10.4. The van der Waals surface area contributed by atoms with Crippen LogP contribution in [0.5, 0.6) is 0 Å². The molecule has 0 atom stereocenters. The van der Waals surface area contributed by atoms with Crippen LogP contribution in [0.15, 0.2) is 23.1 Å². The fourth-order valence-corrected chi connectivity index (χ4v) is 2.23. The zero-order valence-electron chi connectivity index (χ0n) is 10.4. The maximum Gasteiger partial charge on any atom is 0.250 e. The third kappa shape index (κ3) is 3.33. The number of anilines is 1. The van der Waals surface area contributed by atoms with Gasteiger partial charge in [-0.2, -0.15) is 0 Å². The molecule has 0 aliphatic carbocycles. The van der Waals surface area contributed by atoms with Gasteiger partial charge in [0.2, 0.25) is 0 Å². The van der Waals surface area contributed by atoms with Crippen molar-refractivity contribution in [2.75, 3.05) is 18.4 Å². The van der Waals surface area contributed by atoms with Gasteiger partial charge < -0.3 is 15.2 Å². The lowest BCUT2D eigenvalue weighted by molar-refractivity contribution is 0.478. The van der Waals surface area contributed by atoms with E-state index in [1.54, 1.807) is 10.6 Å². The number of nitrogens with one attached hydrogen (secondary N) is 2. The first-order valence-corrected chi connectivity index (χ1v) is 6.47. The first kappa shape index (κ1) is 12.2. The lowest BCUT2D eigenvalue weighted by Gasteiger charge is -2.24. The smallest absolute Gasteiger partial charge is 0.250 e.